The summed E-state index contributed by atoms with van der Waals surface area (Å²) in [4.78, 5) is 28.5. The zero-order valence-electron chi connectivity index (χ0n) is 22.3. The number of carboxylic acids is 1. The monoisotopic (exact) mass is 494 g/mol. The van der Waals surface area contributed by atoms with Crippen LogP contribution >= 0.6 is 0 Å². The number of rotatable bonds is 13. The minimum absolute atomic E-state index is 0.0838. The van der Waals surface area contributed by atoms with Gasteiger partial charge >= 0.3 is 5.97 Å². The van der Waals surface area contributed by atoms with Gasteiger partial charge in [0.2, 0.25) is 5.91 Å². The maximum Gasteiger partial charge on any atom is 0.329 e. The highest BCUT2D eigenvalue weighted by atomic mass is 16.5. The molecule has 0 aliphatic carbocycles. The van der Waals surface area contributed by atoms with Crippen molar-refractivity contribution in [3.05, 3.63) is 70.8 Å². The van der Waals surface area contributed by atoms with Crippen LogP contribution in [0.15, 0.2) is 48.5 Å². The summed E-state index contributed by atoms with van der Waals surface area (Å²) in [6.45, 7) is 8.61. The van der Waals surface area contributed by atoms with Crippen molar-refractivity contribution >= 4 is 11.9 Å². The van der Waals surface area contributed by atoms with Crippen LogP contribution in [0.5, 0.6) is 0 Å². The summed E-state index contributed by atoms with van der Waals surface area (Å²) in [5, 5.41) is 8.91. The number of likely N-dealkylation sites (N-methyl/N-ethyl adjacent to an activating group) is 1. The van der Waals surface area contributed by atoms with Crippen molar-refractivity contribution in [3.8, 4) is 0 Å². The van der Waals surface area contributed by atoms with E-state index in [2.05, 4.69) is 56.0 Å². The molecule has 1 saturated heterocycles. The van der Waals surface area contributed by atoms with E-state index in [1.807, 2.05) is 30.1 Å². The summed E-state index contributed by atoms with van der Waals surface area (Å²) < 4.78 is 5.51. The number of hydrogen-bond donors (Lipinski definition) is 1. The number of aliphatic carboxylic acids is 1. The van der Waals surface area contributed by atoms with E-state index in [-0.39, 0.29) is 24.7 Å². The molecule has 1 aliphatic rings. The van der Waals surface area contributed by atoms with Gasteiger partial charge in [0.1, 0.15) is 6.61 Å². The van der Waals surface area contributed by atoms with Gasteiger partial charge in [-0.15, -0.1) is 0 Å². The Hall–Kier alpha value is -2.70. The fourth-order valence-corrected chi connectivity index (χ4v) is 5.09. The average molecular weight is 495 g/mol. The lowest BCUT2D eigenvalue weighted by Gasteiger charge is -2.32. The second-order valence-electron chi connectivity index (χ2n) is 10.1. The zero-order chi connectivity index (χ0) is 26.1. The van der Waals surface area contributed by atoms with Gasteiger partial charge in [0.25, 0.3) is 0 Å². The number of amides is 1. The third-order valence-corrected chi connectivity index (χ3v) is 7.37. The largest absolute Gasteiger partial charge is 0.480 e. The summed E-state index contributed by atoms with van der Waals surface area (Å²) in [5.41, 5.74) is 4.93. The molecule has 1 N–H and O–H groups in total. The Bertz CT molecular complexity index is 994. The number of benzene rings is 2. The Kier molecular flexibility index (Phi) is 10.5. The molecule has 3 atom stereocenters. The molecule has 36 heavy (non-hydrogen) atoms. The maximum atomic E-state index is 13.5. The molecular weight excluding hydrogens is 452 g/mol. The Labute approximate surface area is 216 Å². The first-order valence-electron chi connectivity index (χ1n) is 13.3. The quantitative estimate of drug-likeness (QED) is 0.421. The number of carbonyl (C=O) groups excluding carboxylic acids is 1. The highest BCUT2D eigenvalue weighted by Crippen LogP contribution is 2.27. The van der Waals surface area contributed by atoms with Crippen LogP contribution in [0.4, 0.5) is 0 Å². The Morgan fingerprint density at radius 2 is 1.92 bits per heavy atom. The van der Waals surface area contributed by atoms with E-state index in [4.69, 9.17) is 9.84 Å². The lowest BCUT2D eigenvalue weighted by atomic mass is 9.89. The minimum Gasteiger partial charge on any atom is -0.480 e. The third-order valence-electron chi connectivity index (χ3n) is 7.37. The number of likely N-dealkylation sites (tertiary alicyclic amines) is 1. The van der Waals surface area contributed by atoms with Crippen LogP contribution in [0, 0.1) is 0 Å². The van der Waals surface area contributed by atoms with Crippen molar-refractivity contribution in [2.24, 2.45) is 0 Å². The predicted octanol–water partition coefficient (Wildman–Crippen LogP) is 5.07. The lowest BCUT2D eigenvalue weighted by molar-refractivity contribution is -0.144. The molecule has 0 aromatic heterocycles. The lowest BCUT2D eigenvalue weighted by Crippen LogP contribution is -2.39. The van der Waals surface area contributed by atoms with Crippen molar-refractivity contribution in [1.29, 1.82) is 0 Å². The fraction of sp³-hybridized carbons (Fsp3) is 0.533. The molecule has 3 unspecified atom stereocenters. The molecule has 196 valence electrons. The van der Waals surface area contributed by atoms with E-state index in [0.29, 0.717) is 25.4 Å². The van der Waals surface area contributed by atoms with Gasteiger partial charge in [0.05, 0.1) is 18.6 Å². The summed E-state index contributed by atoms with van der Waals surface area (Å²) in [6.07, 6.45) is 4.32. The predicted molar refractivity (Wildman–Crippen MR) is 143 cm³/mol. The van der Waals surface area contributed by atoms with Gasteiger partial charge in [-0.3, -0.25) is 9.69 Å². The highest BCUT2D eigenvalue weighted by Gasteiger charge is 2.29. The van der Waals surface area contributed by atoms with E-state index in [9.17, 15) is 9.59 Å². The number of hydrogen-bond acceptors (Lipinski definition) is 4. The number of carboxylic acid groups (broad SMARTS) is 1. The molecule has 0 bridgehead atoms. The number of carbonyl (C=O) groups is 2. The summed E-state index contributed by atoms with van der Waals surface area (Å²) in [6, 6.07) is 16.6. The molecule has 1 amide bonds. The Morgan fingerprint density at radius 1 is 1.17 bits per heavy atom. The molecule has 0 spiro atoms. The molecule has 0 radical (unpaired) electrons. The summed E-state index contributed by atoms with van der Waals surface area (Å²) in [7, 11) is 1.90. The van der Waals surface area contributed by atoms with Crippen LogP contribution in [0.1, 0.15) is 74.2 Å². The second-order valence-corrected chi connectivity index (χ2v) is 10.1. The van der Waals surface area contributed by atoms with Crippen LogP contribution in [0.3, 0.4) is 0 Å². The third kappa shape index (κ3) is 7.65. The number of nitrogens with zero attached hydrogens (tertiary/aromatic N) is 2. The van der Waals surface area contributed by atoms with Crippen molar-refractivity contribution in [2.45, 2.75) is 70.9 Å². The van der Waals surface area contributed by atoms with Gasteiger partial charge in [-0.05, 0) is 47.4 Å². The first-order chi connectivity index (χ1) is 17.3. The van der Waals surface area contributed by atoms with E-state index in [0.717, 1.165) is 43.4 Å². The van der Waals surface area contributed by atoms with Crippen LogP contribution in [-0.2, 0) is 27.2 Å². The van der Waals surface area contributed by atoms with Crippen molar-refractivity contribution in [2.75, 3.05) is 33.3 Å². The van der Waals surface area contributed by atoms with Gasteiger partial charge in [0.15, 0.2) is 0 Å². The molecule has 0 saturated carbocycles. The van der Waals surface area contributed by atoms with Crippen LogP contribution in [0.25, 0.3) is 0 Å². The number of ether oxygens (including phenoxy) is 1. The normalized spacial score (nSPS) is 17.6. The van der Waals surface area contributed by atoms with E-state index >= 15 is 0 Å². The smallest absolute Gasteiger partial charge is 0.329 e. The van der Waals surface area contributed by atoms with Gasteiger partial charge in [-0.1, -0.05) is 75.7 Å². The van der Waals surface area contributed by atoms with Crippen LogP contribution < -0.4 is 0 Å². The Morgan fingerprint density at radius 3 is 2.58 bits per heavy atom. The molecule has 6 heteroatoms. The topological polar surface area (TPSA) is 70.1 Å². The van der Waals surface area contributed by atoms with Crippen LogP contribution in [0.2, 0.25) is 0 Å². The molecule has 1 aliphatic heterocycles. The molecule has 2 aromatic rings. The zero-order valence-corrected chi connectivity index (χ0v) is 22.3. The van der Waals surface area contributed by atoms with E-state index in [1.54, 1.807) is 0 Å². The second kappa shape index (κ2) is 13.6. The van der Waals surface area contributed by atoms with E-state index in [1.165, 1.54) is 11.1 Å². The Balaban J connectivity index is 1.73. The van der Waals surface area contributed by atoms with Gasteiger partial charge in [-0.2, -0.15) is 0 Å². The van der Waals surface area contributed by atoms with Crippen LogP contribution in [-0.4, -0.2) is 66.2 Å². The summed E-state index contributed by atoms with van der Waals surface area (Å²) in [5.74, 6) is -0.328. The number of aryl methyl sites for hydroxylation is 1. The van der Waals surface area contributed by atoms with Gasteiger partial charge < -0.3 is 14.7 Å². The van der Waals surface area contributed by atoms with Gasteiger partial charge in [-0.25, -0.2) is 4.79 Å². The molecule has 2 aromatic carbocycles. The molecule has 1 fully saturated rings. The molecule has 3 rings (SSSR count). The standard InChI is InChI=1S/C30H42N2O4/c1-5-10-25-17-23(13-14-27(25)22(3)6-2)18-29(33)31(4)28(24-11-8-7-9-12-24)20-32-16-15-26(19-32)36-21-30(34)35/h7-9,11-14,17,22,26,28H,5-6,10,15-16,18-21H2,1-4H3,(H,34,35). The highest BCUT2D eigenvalue weighted by molar-refractivity contribution is 5.79. The minimum atomic E-state index is -0.944. The molecule has 6 nitrogen and oxygen atoms in total. The van der Waals surface area contributed by atoms with Gasteiger partial charge in [0, 0.05) is 26.7 Å². The van der Waals surface area contributed by atoms with Crippen molar-refractivity contribution < 1.29 is 19.4 Å². The maximum absolute atomic E-state index is 13.5. The van der Waals surface area contributed by atoms with Crippen molar-refractivity contribution in [1.82, 2.24) is 9.80 Å². The fourth-order valence-electron chi connectivity index (χ4n) is 5.09. The average Bonchev–Trinajstić information content (AvgIpc) is 3.33. The molecular formula is C30H42N2O4. The summed E-state index contributed by atoms with van der Waals surface area (Å²) >= 11 is 0. The van der Waals surface area contributed by atoms with Crippen molar-refractivity contribution in [3.63, 3.8) is 0 Å². The SMILES string of the molecule is CCCc1cc(CC(=O)N(C)C(CN2CCC(OCC(=O)O)C2)c2ccccc2)ccc1C(C)CC. The van der Waals surface area contributed by atoms with E-state index < -0.39 is 5.97 Å². The first kappa shape index (κ1) is 27.9. The molecule has 1 heterocycles. The first-order valence-corrected chi connectivity index (χ1v) is 13.3.